The van der Waals surface area contributed by atoms with Gasteiger partial charge in [-0.05, 0) is 18.2 Å². The van der Waals surface area contributed by atoms with Gasteiger partial charge in [-0.25, -0.2) is 0 Å². The molecule has 1 aromatic carbocycles. The molecule has 2 rings (SSSR count). The maximum atomic E-state index is 5.70. The summed E-state index contributed by atoms with van der Waals surface area (Å²) in [5.41, 5.74) is 7.24. The van der Waals surface area contributed by atoms with Gasteiger partial charge < -0.3 is 15.2 Å². The van der Waals surface area contributed by atoms with Crippen molar-refractivity contribution in [2.45, 2.75) is 0 Å². The van der Waals surface area contributed by atoms with E-state index in [0.717, 1.165) is 17.3 Å². The second kappa shape index (κ2) is 4.36. The van der Waals surface area contributed by atoms with Crippen LogP contribution in [-0.2, 0) is 0 Å². The van der Waals surface area contributed by atoms with Gasteiger partial charge in [-0.2, -0.15) is 8.75 Å². The fourth-order valence-electron chi connectivity index (χ4n) is 1.38. The van der Waals surface area contributed by atoms with Gasteiger partial charge in [-0.15, -0.1) is 0 Å². The van der Waals surface area contributed by atoms with Crippen molar-refractivity contribution in [3.8, 4) is 22.8 Å². The SMILES string of the molecule is COc1ccc(-c2nsnc2N)cc1OC. The molecular weight excluding hydrogens is 226 g/mol. The maximum Gasteiger partial charge on any atom is 0.165 e. The summed E-state index contributed by atoms with van der Waals surface area (Å²) in [4.78, 5) is 0. The van der Waals surface area contributed by atoms with E-state index in [1.165, 1.54) is 0 Å². The Morgan fingerprint density at radius 1 is 1.12 bits per heavy atom. The number of anilines is 1. The van der Waals surface area contributed by atoms with Crippen LogP contribution in [0.3, 0.4) is 0 Å². The molecule has 0 aliphatic heterocycles. The Morgan fingerprint density at radius 3 is 2.44 bits per heavy atom. The summed E-state index contributed by atoms with van der Waals surface area (Å²) in [5.74, 6) is 1.75. The molecule has 2 aromatic rings. The zero-order chi connectivity index (χ0) is 11.5. The topological polar surface area (TPSA) is 70.3 Å². The van der Waals surface area contributed by atoms with E-state index in [4.69, 9.17) is 15.2 Å². The molecule has 0 radical (unpaired) electrons. The second-order valence-corrected chi connectivity index (χ2v) is 3.60. The quantitative estimate of drug-likeness (QED) is 0.881. The minimum absolute atomic E-state index is 0.428. The first-order valence-electron chi connectivity index (χ1n) is 4.56. The van der Waals surface area contributed by atoms with Crippen LogP contribution in [0.4, 0.5) is 5.82 Å². The number of nitrogens with two attached hydrogens (primary N) is 1. The Hall–Kier alpha value is -1.82. The van der Waals surface area contributed by atoms with Gasteiger partial charge in [0, 0.05) is 5.56 Å². The van der Waals surface area contributed by atoms with Crippen molar-refractivity contribution in [2.75, 3.05) is 20.0 Å². The van der Waals surface area contributed by atoms with Gasteiger partial charge in [0.1, 0.15) is 5.69 Å². The molecule has 5 nitrogen and oxygen atoms in total. The third kappa shape index (κ3) is 1.79. The predicted octanol–water partition coefficient (Wildman–Crippen LogP) is 1.80. The number of nitrogens with zero attached hydrogens (tertiary/aromatic N) is 2. The van der Waals surface area contributed by atoms with Crippen molar-refractivity contribution < 1.29 is 9.47 Å². The fraction of sp³-hybridized carbons (Fsp3) is 0.200. The Labute approximate surface area is 97.1 Å². The zero-order valence-corrected chi connectivity index (χ0v) is 9.75. The summed E-state index contributed by atoms with van der Waals surface area (Å²) in [5, 5.41) is 0. The molecule has 84 valence electrons. The standard InChI is InChI=1S/C10H11N3O2S/c1-14-7-4-3-6(5-8(7)15-2)9-10(11)13-16-12-9/h3-5H,1-2H3,(H2,11,13). The molecule has 2 N–H and O–H groups in total. The number of ether oxygens (including phenoxy) is 2. The Balaban J connectivity index is 2.48. The van der Waals surface area contributed by atoms with Crippen LogP contribution >= 0.6 is 11.7 Å². The smallest absolute Gasteiger partial charge is 0.165 e. The monoisotopic (exact) mass is 237 g/mol. The minimum Gasteiger partial charge on any atom is -0.493 e. The molecule has 0 aliphatic rings. The zero-order valence-electron chi connectivity index (χ0n) is 8.93. The molecule has 0 saturated heterocycles. The van der Waals surface area contributed by atoms with E-state index in [-0.39, 0.29) is 0 Å². The number of hydrogen-bond acceptors (Lipinski definition) is 6. The highest BCUT2D eigenvalue weighted by molar-refractivity contribution is 6.99. The van der Waals surface area contributed by atoms with Crippen molar-refractivity contribution >= 4 is 17.5 Å². The lowest BCUT2D eigenvalue weighted by Gasteiger charge is -2.08. The van der Waals surface area contributed by atoms with Crippen LogP contribution in [0.1, 0.15) is 0 Å². The Bertz CT molecular complexity index is 499. The third-order valence-corrected chi connectivity index (χ3v) is 2.71. The first-order chi connectivity index (χ1) is 7.76. The van der Waals surface area contributed by atoms with E-state index in [1.54, 1.807) is 14.2 Å². The largest absolute Gasteiger partial charge is 0.493 e. The lowest BCUT2D eigenvalue weighted by Crippen LogP contribution is -1.92. The van der Waals surface area contributed by atoms with E-state index < -0.39 is 0 Å². The first-order valence-corrected chi connectivity index (χ1v) is 5.29. The van der Waals surface area contributed by atoms with Crippen LogP contribution in [0, 0.1) is 0 Å². The van der Waals surface area contributed by atoms with Gasteiger partial charge >= 0.3 is 0 Å². The Kier molecular flexibility index (Phi) is 2.91. The van der Waals surface area contributed by atoms with Crippen LogP contribution < -0.4 is 15.2 Å². The molecule has 16 heavy (non-hydrogen) atoms. The highest BCUT2D eigenvalue weighted by Crippen LogP contribution is 2.33. The van der Waals surface area contributed by atoms with Crippen LogP contribution in [0.15, 0.2) is 18.2 Å². The van der Waals surface area contributed by atoms with E-state index in [2.05, 4.69) is 8.75 Å². The molecule has 6 heteroatoms. The number of aromatic nitrogens is 2. The number of methoxy groups -OCH3 is 2. The number of nitrogen functional groups attached to an aromatic ring is 1. The molecule has 0 amide bonds. The molecule has 0 bridgehead atoms. The summed E-state index contributed by atoms with van der Waals surface area (Å²) in [7, 11) is 3.18. The maximum absolute atomic E-state index is 5.70. The van der Waals surface area contributed by atoms with Gasteiger partial charge in [0.15, 0.2) is 17.3 Å². The number of hydrogen-bond donors (Lipinski definition) is 1. The summed E-state index contributed by atoms with van der Waals surface area (Å²) < 4.78 is 18.4. The van der Waals surface area contributed by atoms with Crippen LogP contribution in [-0.4, -0.2) is 23.0 Å². The van der Waals surface area contributed by atoms with Crippen LogP contribution in [0.2, 0.25) is 0 Å². The third-order valence-electron chi connectivity index (χ3n) is 2.17. The van der Waals surface area contributed by atoms with E-state index in [1.807, 2.05) is 18.2 Å². The number of rotatable bonds is 3. The molecular formula is C10H11N3O2S. The summed E-state index contributed by atoms with van der Waals surface area (Å²) in [6.07, 6.45) is 0. The van der Waals surface area contributed by atoms with Crippen LogP contribution in [0.25, 0.3) is 11.3 Å². The predicted molar refractivity (Wildman–Crippen MR) is 62.9 cm³/mol. The average Bonchev–Trinajstić information content (AvgIpc) is 2.74. The van der Waals surface area contributed by atoms with E-state index >= 15 is 0 Å². The first kappa shape index (κ1) is 10.7. The number of benzene rings is 1. The molecule has 0 atom stereocenters. The van der Waals surface area contributed by atoms with E-state index in [0.29, 0.717) is 23.0 Å². The lowest BCUT2D eigenvalue weighted by molar-refractivity contribution is 0.355. The summed E-state index contributed by atoms with van der Waals surface area (Å²) in [6, 6.07) is 5.51. The van der Waals surface area contributed by atoms with E-state index in [9.17, 15) is 0 Å². The van der Waals surface area contributed by atoms with Crippen molar-refractivity contribution in [3.05, 3.63) is 18.2 Å². The molecule has 1 heterocycles. The highest BCUT2D eigenvalue weighted by atomic mass is 32.1. The molecule has 1 aromatic heterocycles. The van der Waals surface area contributed by atoms with Gasteiger partial charge in [-0.1, -0.05) is 0 Å². The highest BCUT2D eigenvalue weighted by Gasteiger charge is 2.11. The minimum atomic E-state index is 0.428. The van der Waals surface area contributed by atoms with Gasteiger partial charge in [0.25, 0.3) is 0 Å². The van der Waals surface area contributed by atoms with Gasteiger partial charge in [0.2, 0.25) is 0 Å². The second-order valence-electron chi connectivity index (χ2n) is 3.07. The molecule has 0 aliphatic carbocycles. The van der Waals surface area contributed by atoms with Crippen LogP contribution in [0.5, 0.6) is 11.5 Å². The molecule has 0 spiro atoms. The van der Waals surface area contributed by atoms with Crippen molar-refractivity contribution in [1.82, 2.24) is 8.75 Å². The van der Waals surface area contributed by atoms with Crippen molar-refractivity contribution in [3.63, 3.8) is 0 Å². The van der Waals surface area contributed by atoms with Gasteiger partial charge in [0.05, 0.1) is 25.9 Å². The normalized spacial score (nSPS) is 10.1. The van der Waals surface area contributed by atoms with Crippen molar-refractivity contribution in [2.24, 2.45) is 0 Å². The average molecular weight is 237 g/mol. The Morgan fingerprint density at radius 2 is 1.88 bits per heavy atom. The van der Waals surface area contributed by atoms with Crippen molar-refractivity contribution in [1.29, 1.82) is 0 Å². The fourth-order valence-corrected chi connectivity index (χ4v) is 1.88. The summed E-state index contributed by atoms with van der Waals surface area (Å²) in [6.45, 7) is 0. The summed E-state index contributed by atoms with van der Waals surface area (Å²) >= 11 is 1.09. The molecule has 0 fully saturated rings. The molecule has 0 saturated carbocycles. The lowest BCUT2D eigenvalue weighted by atomic mass is 10.1. The van der Waals surface area contributed by atoms with Gasteiger partial charge in [-0.3, -0.25) is 0 Å². The molecule has 0 unspecified atom stereocenters.